The summed E-state index contributed by atoms with van der Waals surface area (Å²) in [4.78, 5) is 0. The number of phenolic OH excluding ortho intramolecular Hbond substituents is 2. The zero-order valence-electron chi connectivity index (χ0n) is 7.41. The lowest BCUT2D eigenvalue weighted by molar-refractivity contribution is 0.397. The van der Waals surface area contributed by atoms with Gasteiger partial charge in [-0.1, -0.05) is 26.0 Å². The lowest BCUT2D eigenvalue weighted by Gasteiger charge is -2.07. The summed E-state index contributed by atoms with van der Waals surface area (Å²) in [6.45, 7) is 4.15. The maximum Gasteiger partial charge on any atom is 0.160 e. The van der Waals surface area contributed by atoms with Crippen LogP contribution < -0.4 is 0 Å². The van der Waals surface area contributed by atoms with Gasteiger partial charge in [0.1, 0.15) is 0 Å². The van der Waals surface area contributed by atoms with E-state index >= 15 is 0 Å². The lowest BCUT2D eigenvalue weighted by atomic mass is 10.0. The molecule has 1 aromatic carbocycles. The molecular formula is C10H14O2. The minimum absolute atomic E-state index is 0.0196. The fraction of sp³-hybridized carbons (Fsp3) is 0.400. The van der Waals surface area contributed by atoms with E-state index < -0.39 is 0 Å². The van der Waals surface area contributed by atoms with Gasteiger partial charge >= 0.3 is 0 Å². The predicted octanol–water partition coefficient (Wildman–Crippen LogP) is 2.30. The van der Waals surface area contributed by atoms with Gasteiger partial charge in [0, 0.05) is 0 Å². The first kappa shape index (κ1) is 8.91. The molecular weight excluding hydrogens is 152 g/mol. The highest BCUT2D eigenvalue weighted by Crippen LogP contribution is 2.29. The van der Waals surface area contributed by atoms with Crippen LogP contribution >= 0.6 is 0 Å². The first-order chi connectivity index (χ1) is 5.61. The zero-order chi connectivity index (χ0) is 9.14. The molecule has 0 atom stereocenters. The maximum atomic E-state index is 9.40. The van der Waals surface area contributed by atoms with Crippen molar-refractivity contribution in [1.29, 1.82) is 0 Å². The number of phenols is 2. The molecule has 0 radical (unpaired) electrons. The third kappa shape index (κ3) is 1.91. The van der Waals surface area contributed by atoms with E-state index in [9.17, 15) is 5.11 Å². The van der Waals surface area contributed by atoms with E-state index in [2.05, 4.69) is 13.8 Å². The Morgan fingerprint density at radius 1 is 1.25 bits per heavy atom. The highest BCUT2D eigenvalue weighted by atomic mass is 16.3. The van der Waals surface area contributed by atoms with Crippen LogP contribution in [0.3, 0.4) is 0 Å². The van der Waals surface area contributed by atoms with E-state index in [0.717, 1.165) is 12.0 Å². The molecule has 66 valence electrons. The number of para-hydroxylation sites is 1. The van der Waals surface area contributed by atoms with Crippen molar-refractivity contribution in [2.75, 3.05) is 0 Å². The van der Waals surface area contributed by atoms with Crippen LogP contribution in [0.2, 0.25) is 0 Å². The first-order valence-corrected chi connectivity index (χ1v) is 4.11. The number of hydrogen-bond acceptors (Lipinski definition) is 2. The van der Waals surface area contributed by atoms with Crippen LogP contribution in [0, 0.1) is 5.92 Å². The Balaban J connectivity index is 2.92. The van der Waals surface area contributed by atoms with Gasteiger partial charge in [0.25, 0.3) is 0 Å². The second-order valence-electron chi connectivity index (χ2n) is 3.38. The Bertz CT molecular complexity index is 267. The molecule has 0 heterocycles. The van der Waals surface area contributed by atoms with E-state index in [0.29, 0.717) is 5.92 Å². The standard InChI is InChI=1S/C10H14O2/c1-7(2)6-8-4-3-5-9(11)10(8)12/h3-5,7,11-12H,6H2,1-2H3. The molecule has 0 unspecified atom stereocenters. The van der Waals surface area contributed by atoms with Gasteiger partial charge in [-0.2, -0.15) is 0 Å². The predicted molar refractivity (Wildman–Crippen MR) is 48.3 cm³/mol. The molecule has 0 amide bonds. The van der Waals surface area contributed by atoms with E-state index in [1.54, 1.807) is 6.07 Å². The van der Waals surface area contributed by atoms with Gasteiger partial charge in [-0.3, -0.25) is 0 Å². The van der Waals surface area contributed by atoms with Crippen LogP contribution in [0.1, 0.15) is 19.4 Å². The molecule has 0 fully saturated rings. The molecule has 2 N–H and O–H groups in total. The third-order valence-corrected chi connectivity index (χ3v) is 1.73. The third-order valence-electron chi connectivity index (χ3n) is 1.73. The Morgan fingerprint density at radius 2 is 1.92 bits per heavy atom. The van der Waals surface area contributed by atoms with Crippen LogP contribution in [0.15, 0.2) is 18.2 Å². The van der Waals surface area contributed by atoms with Crippen molar-refractivity contribution in [2.24, 2.45) is 5.92 Å². The van der Waals surface area contributed by atoms with Crippen molar-refractivity contribution in [2.45, 2.75) is 20.3 Å². The topological polar surface area (TPSA) is 40.5 Å². The molecule has 0 saturated carbocycles. The number of hydrogen-bond donors (Lipinski definition) is 2. The SMILES string of the molecule is CC(C)Cc1cccc(O)c1O. The molecule has 0 aromatic heterocycles. The molecule has 0 spiro atoms. The molecule has 0 aliphatic carbocycles. The second-order valence-corrected chi connectivity index (χ2v) is 3.38. The van der Waals surface area contributed by atoms with Crippen LogP contribution in [0.5, 0.6) is 11.5 Å². The molecule has 2 heteroatoms. The Morgan fingerprint density at radius 3 is 2.50 bits per heavy atom. The van der Waals surface area contributed by atoms with Crippen molar-refractivity contribution >= 4 is 0 Å². The van der Waals surface area contributed by atoms with Gasteiger partial charge in [-0.05, 0) is 24.0 Å². The van der Waals surface area contributed by atoms with Crippen molar-refractivity contribution in [3.05, 3.63) is 23.8 Å². The van der Waals surface area contributed by atoms with Gasteiger partial charge in [0.05, 0.1) is 0 Å². The minimum Gasteiger partial charge on any atom is -0.504 e. The van der Waals surface area contributed by atoms with Crippen molar-refractivity contribution in [3.8, 4) is 11.5 Å². The maximum absolute atomic E-state index is 9.40. The fourth-order valence-electron chi connectivity index (χ4n) is 1.18. The minimum atomic E-state index is -0.0341. The van der Waals surface area contributed by atoms with Gasteiger partial charge in [-0.25, -0.2) is 0 Å². The molecule has 2 nitrogen and oxygen atoms in total. The normalized spacial score (nSPS) is 10.6. The Hall–Kier alpha value is -1.18. The Kier molecular flexibility index (Phi) is 2.58. The molecule has 0 aliphatic heterocycles. The van der Waals surface area contributed by atoms with Crippen molar-refractivity contribution in [3.63, 3.8) is 0 Å². The van der Waals surface area contributed by atoms with E-state index in [1.807, 2.05) is 6.07 Å². The van der Waals surface area contributed by atoms with E-state index in [-0.39, 0.29) is 11.5 Å². The molecule has 12 heavy (non-hydrogen) atoms. The number of rotatable bonds is 2. The van der Waals surface area contributed by atoms with E-state index in [4.69, 9.17) is 5.11 Å². The van der Waals surface area contributed by atoms with Crippen LogP contribution in [-0.4, -0.2) is 10.2 Å². The van der Waals surface area contributed by atoms with Crippen molar-refractivity contribution < 1.29 is 10.2 Å². The molecule has 0 aliphatic rings. The zero-order valence-corrected chi connectivity index (χ0v) is 7.41. The first-order valence-electron chi connectivity index (χ1n) is 4.11. The molecule has 1 rings (SSSR count). The average Bonchev–Trinajstić information content (AvgIpc) is 1.98. The quantitative estimate of drug-likeness (QED) is 0.662. The summed E-state index contributed by atoms with van der Waals surface area (Å²) in [6.07, 6.45) is 0.792. The summed E-state index contributed by atoms with van der Waals surface area (Å²) in [5, 5.41) is 18.6. The van der Waals surface area contributed by atoms with Crippen LogP contribution in [0.25, 0.3) is 0 Å². The van der Waals surface area contributed by atoms with Gasteiger partial charge in [-0.15, -0.1) is 0 Å². The smallest absolute Gasteiger partial charge is 0.160 e. The molecule has 1 aromatic rings. The summed E-state index contributed by atoms with van der Waals surface area (Å²) in [5.74, 6) is 0.469. The summed E-state index contributed by atoms with van der Waals surface area (Å²) in [7, 11) is 0. The summed E-state index contributed by atoms with van der Waals surface area (Å²) < 4.78 is 0. The summed E-state index contributed by atoms with van der Waals surface area (Å²) >= 11 is 0. The summed E-state index contributed by atoms with van der Waals surface area (Å²) in [6, 6.07) is 5.06. The molecule has 0 bridgehead atoms. The Labute approximate surface area is 72.5 Å². The summed E-state index contributed by atoms with van der Waals surface area (Å²) in [5.41, 5.74) is 0.810. The van der Waals surface area contributed by atoms with Gasteiger partial charge in [0.15, 0.2) is 11.5 Å². The van der Waals surface area contributed by atoms with Gasteiger partial charge < -0.3 is 10.2 Å². The fourth-order valence-corrected chi connectivity index (χ4v) is 1.18. The lowest BCUT2D eigenvalue weighted by Crippen LogP contribution is -1.93. The number of aromatic hydroxyl groups is 2. The highest BCUT2D eigenvalue weighted by molar-refractivity contribution is 5.44. The highest BCUT2D eigenvalue weighted by Gasteiger charge is 2.06. The number of benzene rings is 1. The monoisotopic (exact) mass is 166 g/mol. The van der Waals surface area contributed by atoms with Gasteiger partial charge in [0.2, 0.25) is 0 Å². The largest absolute Gasteiger partial charge is 0.504 e. The van der Waals surface area contributed by atoms with Crippen LogP contribution in [0.4, 0.5) is 0 Å². The van der Waals surface area contributed by atoms with E-state index in [1.165, 1.54) is 6.07 Å². The van der Waals surface area contributed by atoms with Crippen LogP contribution in [-0.2, 0) is 6.42 Å². The molecule has 0 saturated heterocycles. The van der Waals surface area contributed by atoms with Crippen molar-refractivity contribution in [1.82, 2.24) is 0 Å². The average molecular weight is 166 g/mol. The second kappa shape index (κ2) is 3.48.